The molecule has 1 atom stereocenters. The number of carbonyl (C=O) groups is 1. The van der Waals surface area contributed by atoms with Gasteiger partial charge in [-0.25, -0.2) is 4.98 Å². The lowest BCUT2D eigenvalue weighted by molar-refractivity contribution is -0.137. The van der Waals surface area contributed by atoms with Gasteiger partial charge in [0.25, 0.3) is 0 Å². The quantitative estimate of drug-likeness (QED) is 0.507. The molecular formula is C26H31F3N2O4. The van der Waals surface area contributed by atoms with Crippen LogP contribution in [0.2, 0.25) is 0 Å². The number of aliphatic carboxylic acids is 1. The molecule has 1 fully saturated rings. The number of pyridine rings is 1. The number of nitrogens with zero attached hydrogens (tertiary/aromatic N) is 2. The van der Waals surface area contributed by atoms with E-state index in [0.717, 1.165) is 55.6 Å². The van der Waals surface area contributed by atoms with Crippen LogP contribution in [-0.2, 0) is 17.6 Å². The summed E-state index contributed by atoms with van der Waals surface area (Å²) in [4.78, 5) is 17.7. The summed E-state index contributed by atoms with van der Waals surface area (Å²) < 4.78 is 49.7. The van der Waals surface area contributed by atoms with E-state index in [1.54, 1.807) is 25.4 Å². The number of benzene rings is 1. The number of aromatic nitrogens is 1. The molecule has 0 saturated carbocycles. The van der Waals surface area contributed by atoms with Crippen LogP contribution >= 0.6 is 0 Å². The van der Waals surface area contributed by atoms with Crippen molar-refractivity contribution in [1.29, 1.82) is 0 Å². The Bertz CT molecular complexity index is 1040. The van der Waals surface area contributed by atoms with Gasteiger partial charge in [-0.15, -0.1) is 0 Å². The minimum absolute atomic E-state index is 0.00509. The van der Waals surface area contributed by atoms with E-state index < -0.39 is 18.6 Å². The minimum atomic E-state index is -4.19. The van der Waals surface area contributed by atoms with E-state index in [1.807, 2.05) is 12.1 Å². The molecule has 35 heavy (non-hydrogen) atoms. The highest BCUT2D eigenvalue weighted by Gasteiger charge is 2.29. The molecule has 9 heteroatoms. The number of carboxylic acid groups (broad SMARTS) is 1. The lowest BCUT2D eigenvalue weighted by atomic mass is 9.96. The van der Waals surface area contributed by atoms with Crippen molar-refractivity contribution in [3.8, 4) is 11.6 Å². The van der Waals surface area contributed by atoms with Crippen molar-refractivity contribution in [1.82, 2.24) is 4.98 Å². The van der Waals surface area contributed by atoms with E-state index in [-0.39, 0.29) is 18.8 Å². The Hall–Kier alpha value is -2.97. The van der Waals surface area contributed by atoms with E-state index in [2.05, 4.69) is 9.88 Å². The molecule has 1 unspecified atom stereocenters. The second-order valence-corrected chi connectivity index (χ2v) is 9.41. The molecule has 2 aromatic rings. The topological polar surface area (TPSA) is 71.9 Å². The standard InChI is InChI=1S/C26H31F3N2O4/c1-34-21-5-4-18(6-9-26(27,28)29)23(13-21)31-10-7-17(8-11-31)16-35-24-14-22-19(12-25(32)33)2-3-20(22)15-30-24/h4-5,13-15,17,19H,2-3,6-12,16H2,1H3,(H,32,33). The van der Waals surface area contributed by atoms with Gasteiger partial charge in [0.15, 0.2) is 0 Å². The first kappa shape index (κ1) is 25.1. The third-order valence-electron chi connectivity index (χ3n) is 7.01. The smallest absolute Gasteiger partial charge is 0.389 e. The van der Waals surface area contributed by atoms with Crippen molar-refractivity contribution >= 4 is 11.7 Å². The number of ether oxygens (including phenoxy) is 2. The molecule has 1 N–H and O–H groups in total. The Balaban J connectivity index is 1.34. The highest BCUT2D eigenvalue weighted by atomic mass is 19.4. The van der Waals surface area contributed by atoms with Gasteiger partial charge < -0.3 is 19.5 Å². The number of hydrogen-bond acceptors (Lipinski definition) is 5. The van der Waals surface area contributed by atoms with Crippen molar-refractivity contribution in [3.63, 3.8) is 0 Å². The molecule has 2 heterocycles. The number of halogens is 3. The lowest BCUT2D eigenvalue weighted by Gasteiger charge is -2.35. The fourth-order valence-electron chi connectivity index (χ4n) is 5.05. The molecule has 4 rings (SSSR count). The van der Waals surface area contributed by atoms with Gasteiger partial charge in [-0.05, 0) is 66.7 Å². The van der Waals surface area contributed by atoms with Crippen molar-refractivity contribution in [2.24, 2.45) is 5.92 Å². The number of anilines is 1. The van der Waals surface area contributed by atoms with Gasteiger partial charge in [0.05, 0.1) is 20.1 Å². The maximum absolute atomic E-state index is 12.8. The molecule has 0 radical (unpaired) electrons. The first-order chi connectivity index (χ1) is 16.7. The van der Waals surface area contributed by atoms with Crippen molar-refractivity contribution in [2.75, 3.05) is 31.7 Å². The van der Waals surface area contributed by atoms with E-state index in [1.165, 1.54) is 0 Å². The van der Waals surface area contributed by atoms with Crippen LogP contribution in [0.3, 0.4) is 0 Å². The maximum Gasteiger partial charge on any atom is 0.389 e. The normalized spacial score (nSPS) is 18.4. The van der Waals surface area contributed by atoms with Crippen molar-refractivity contribution in [2.45, 2.75) is 57.0 Å². The van der Waals surface area contributed by atoms with Crippen LogP contribution in [0.1, 0.15) is 54.7 Å². The first-order valence-corrected chi connectivity index (χ1v) is 12.0. The molecular weight excluding hydrogens is 461 g/mol. The second-order valence-electron chi connectivity index (χ2n) is 9.41. The SMILES string of the molecule is COc1ccc(CCC(F)(F)F)c(N2CCC(COc3cc4c(cn3)CCC4CC(=O)O)CC2)c1. The fourth-order valence-corrected chi connectivity index (χ4v) is 5.05. The number of carboxylic acids is 1. The highest BCUT2D eigenvalue weighted by Crippen LogP contribution is 2.37. The van der Waals surface area contributed by atoms with E-state index >= 15 is 0 Å². The molecule has 190 valence electrons. The Morgan fingerprint density at radius 1 is 1.20 bits per heavy atom. The molecule has 6 nitrogen and oxygen atoms in total. The number of hydrogen-bond donors (Lipinski definition) is 1. The van der Waals surface area contributed by atoms with Gasteiger partial charge in [-0.2, -0.15) is 13.2 Å². The summed E-state index contributed by atoms with van der Waals surface area (Å²) in [6.45, 7) is 1.94. The maximum atomic E-state index is 12.8. The Morgan fingerprint density at radius 3 is 2.66 bits per heavy atom. The van der Waals surface area contributed by atoms with Crippen LogP contribution < -0.4 is 14.4 Å². The van der Waals surface area contributed by atoms with Crippen LogP contribution in [0.25, 0.3) is 0 Å². The molecule has 1 aromatic carbocycles. The van der Waals surface area contributed by atoms with Crippen molar-refractivity contribution < 1.29 is 32.5 Å². The van der Waals surface area contributed by atoms with Crippen LogP contribution in [0.5, 0.6) is 11.6 Å². The molecule has 1 saturated heterocycles. The average molecular weight is 493 g/mol. The van der Waals surface area contributed by atoms with Crippen LogP contribution in [0.4, 0.5) is 18.9 Å². The zero-order valence-electron chi connectivity index (χ0n) is 19.8. The van der Waals surface area contributed by atoms with E-state index in [0.29, 0.717) is 29.7 Å². The number of methoxy groups -OCH3 is 1. The van der Waals surface area contributed by atoms with Gasteiger partial charge in [0.2, 0.25) is 5.88 Å². The Kier molecular flexibility index (Phi) is 7.72. The van der Waals surface area contributed by atoms with Gasteiger partial charge in [0.1, 0.15) is 5.75 Å². The molecule has 0 amide bonds. The lowest BCUT2D eigenvalue weighted by Crippen LogP contribution is -2.36. The van der Waals surface area contributed by atoms with Gasteiger partial charge >= 0.3 is 12.1 Å². The zero-order chi connectivity index (χ0) is 25.0. The number of alkyl halides is 3. The fraction of sp³-hybridized carbons (Fsp3) is 0.538. The summed E-state index contributed by atoms with van der Waals surface area (Å²) in [7, 11) is 1.55. The largest absolute Gasteiger partial charge is 0.497 e. The summed E-state index contributed by atoms with van der Waals surface area (Å²) in [5.41, 5.74) is 3.60. The number of aryl methyl sites for hydroxylation is 2. The van der Waals surface area contributed by atoms with Crippen LogP contribution in [0.15, 0.2) is 30.5 Å². The number of piperidine rings is 1. The van der Waals surface area contributed by atoms with Gasteiger partial charge in [-0.1, -0.05) is 6.07 Å². The molecule has 1 aliphatic heterocycles. The first-order valence-electron chi connectivity index (χ1n) is 12.0. The Morgan fingerprint density at radius 2 is 1.97 bits per heavy atom. The highest BCUT2D eigenvalue weighted by molar-refractivity contribution is 5.68. The van der Waals surface area contributed by atoms with Crippen LogP contribution in [-0.4, -0.2) is 49.0 Å². The number of fused-ring (bicyclic) bond motifs is 1. The third-order valence-corrected chi connectivity index (χ3v) is 7.01. The minimum Gasteiger partial charge on any atom is -0.497 e. The summed E-state index contributed by atoms with van der Waals surface area (Å²) in [5.74, 6) is 0.660. The summed E-state index contributed by atoms with van der Waals surface area (Å²) >= 11 is 0. The number of rotatable bonds is 9. The molecule has 1 aliphatic carbocycles. The predicted molar refractivity (Wildman–Crippen MR) is 125 cm³/mol. The predicted octanol–water partition coefficient (Wildman–Crippen LogP) is 5.39. The molecule has 0 spiro atoms. The zero-order valence-corrected chi connectivity index (χ0v) is 19.8. The molecule has 1 aromatic heterocycles. The van der Waals surface area contributed by atoms with Gasteiger partial charge in [-0.3, -0.25) is 4.79 Å². The average Bonchev–Trinajstić information content (AvgIpc) is 3.22. The summed E-state index contributed by atoms with van der Waals surface area (Å²) in [6.07, 6.45) is 0.168. The van der Waals surface area contributed by atoms with E-state index in [4.69, 9.17) is 14.6 Å². The van der Waals surface area contributed by atoms with E-state index in [9.17, 15) is 18.0 Å². The third kappa shape index (κ3) is 6.58. The second kappa shape index (κ2) is 10.7. The molecule has 2 aliphatic rings. The Labute approximate surface area is 203 Å². The summed E-state index contributed by atoms with van der Waals surface area (Å²) in [5, 5.41) is 9.15. The summed E-state index contributed by atoms with van der Waals surface area (Å²) in [6, 6.07) is 7.14. The van der Waals surface area contributed by atoms with Crippen molar-refractivity contribution in [3.05, 3.63) is 47.2 Å². The molecule has 0 bridgehead atoms. The van der Waals surface area contributed by atoms with Gasteiger partial charge in [0, 0.05) is 43.5 Å². The monoisotopic (exact) mass is 492 g/mol. The van der Waals surface area contributed by atoms with Crippen LogP contribution in [0, 0.1) is 5.92 Å².